The Morgan fingerprint density at radius 2 is 2.50 bits per heavy atom. The first-order valence-corrected chi connectivity index (χ1v) is 2.30. The van der Waals surface area contributed by atoms with Crippen LogP contribution in [0.15, 0.2) is 12.2 Å². The standard InChI is InChI=1S/C5H9NO2/c1-2-3-4-8-5(6)7/h2-3H,4H2,1H3,(H2,6,7)/b3-2+. The molecule has 0 aromatic heterocycles. The second-order valence-electron chi connectivity index (χ2n) is 1.20. The van der Waals surface area contributed by atoms with Crippen molar-refractivity contribution in [1.29, 1.82) is 0 Å². The fraction of sp³-hybridized carbons (Fsp3) is 0.400. The van der Waals surface area contributed by atoms with Crippen LogP contribution in [-0.4, -0.2) is 12.7 Å². The van der Waals surface area contributed by atoms with E-state index in [1.807, 2.05) is 6.92 Å². The molecule has 0 aliphatic carbocycles. The minimum atomic E-state index is -0.733. The van der Waals surface area contributed by atoms with Crippen LogP contribution in [0, 0.1) is 0 Å². The fourth-order valence-corrected chi connectivity index (χ4v) is 0.226. The van der Waals surface area contributed by atoms with Gasteiger partial charge in [0.15, 0.2) is 0 Å². The molecule has 3 nitrogen and oxygen atoms in total. The van der Waals surface area contributed by atoms with Crippen LogP contribution in [-0.2, 0) is 4.74 Å². The molecule has 0 aromatic carbocycles. The number of carbonyl (C=O) groups excluding carboxylic acids is 1. The number of hydrogen-bond donors (Lipinski definition) is 1. The molecule has 0 radical (unpaired) electrons. The van der Waals surface area contributed by atoms with E-state index >= 15 is 0 Å². The third-order valence-corrected chi connectivity index (χ3v) is 0.558. The lowest BCUT2D eigenvalue weighted by Crippen LogP contribution is -2.12. The van der Waals surface area contributed by atoms with Crippen LogP contribution in [0.1, 0.15) is 6.92 Å². The molecule has 1 amide bonds. The van der Waals surface area contributed by atoms with Gasteiger partial charge >= 0.3 is 6.09 Å². The highest BCUT2D eigenvalue weighted by Crippen LogP contribution is 1.74. The van der Waals surface area contributed by atoms with Gasteiger partial charge in [-0.05, 0) is 6.92 Å². The Hall–Kier alpha value is -0.990. The molecule has 0 rings (SSSR count). The molecule has 0 atom stereocenters. The lowest BCUT2D eigenvalue weighted by molar-refractivity contribution is 0.169. The fourth-order valence-electron chi connectivity index (χ4n) is 0.226. The number of hydrogen-bond acceptors (Lipinski definition) is 2. The maximum absolute atomic E-state index is 9.84. The summed E-state index contributed by atoms with van der Waals surface area (Å²) in [4.78, 5) is 9.84. The molecule has 0 saturated heterocycles. The Morgan fingerprint density at radius 1 is 1.88 bits per heavy atom. The molecule has 0 spiro atoms. The Labute approximate surface area is 48.1 Å². The molecule has 0 fully saturated rings. The van der Waals surface area contributed by atoms with Crippen LogP contribution in [0.3, 0.4) is 0 Å². The molecule has 0 aliphatic rings. The summed E-state index contributed by atoms with van der Waals surface area (Å²) in [5.74, 6) is 0. The van der Waals surface area contributed by atoms with Gasteiger partial charge in [0.05, 0.1) is 0 Å². The quantitative estimate of drug-likeness (QED) is 0.537. The first-order chi connectivity index (χ1) is 3.77. The number of amides is 1. The number of rotatable bonds is 2. The van der Waals surface area contributed by atoms with Gasteiger partial charge < -0.3 is 10.5 Å². The molecule has 0 bridgehead atoms. The molecule has 8 heavy (non-hydrogen) atoms. The molecule has 3 heteroatoms. The number of allylic oxidation sites excluding steroid dienone is 1. The van der Waals surface area contributed by atoms with Crippen LogP contribution >= 0.6 is 0 Å². The highest BCUT2D eigenvalue weighted by molar-refractivity contribution is 5.64. The second-order valence-corrected chi connectivity index (χ2v) is 1.20. The Morgan fingerprint density at radius 3 is 2.88 bits per heavy atom. The number of primary amides is 1. The van der Waals surface area contributed by atoms with Crippen molar-refractivity contribution < 1.29 is 9.53 Å². The van der Waals surface area contributed by atoms with Gasteiger partial charge in [-0.25, -0.2) is 4.79 Å². The first kappa shape index (κ1) is 7.01. The Bertz CT molecular complexity index is 98.6. The maximum atomic E-state index is 9.84. The van der Waals surface area contributed by atoms with E-state index in [0.29, 0.717) is 0 Å². The van der Waals surface area contributed by atoms with E-state index in [-0.39, 0.29) is 6.61 Å². The van der Waals surface area contributed by atoms with E-state index in [2.05, 4.69) is 10.5 Å². The first-order valence-electron chi connectivity index (χ1n) is 2.30. The zero-order valence-electron chi connectivity index (χ0n) is 4.76. The topological polar surface area (TPSA) is 52.3 Å². The highest BCUT2D eigenvalue weighted by Gasteiger charge is 1.84. The Kier molecular flexibility index (Phi) is 3.66. The zero-order chi connectivity index (χ0) is 6.41. The van der Waals surface area contributed by atoms with Crippen LogP contribution in [0.25, 0.3) is 0 Å². The van der Waals surface area contributed by atoms with Crippen molar-refractivity contribution in [1.82, 2.24) is 0 Å². The second kappa shape index (κ2) is 4.18. The van der Waals surface area contributed by atoms with Gasteiger partial charge in [0.1, 0.15) is 6.61 Å². The van der Waals surface area contributed by atoms with Crippen LogP contribution < -0.4 is 5.73 Å². The highest BCUT2D eigenvalue weighted by atomic mass is 16.5. The van der Waals surface area contributed by atoms with Gasteiger partial charge in [0, 0.05) is 0 Å². The van der Waals surface area contributed by atoms with E-state index in [1.54, 1.807) is 12.2 Å². The molecule has 0 saturated carbocycles. The Balaban J connectivity index is 3.05. The summed E-state index contributed by atoms with van der Waals surface area (Å²) in [5.41, 5.74) is 4.64. The van der Waals surface area contributed by atoms with Gasteiger partial charge in [-0.3, -0.25) is 0 Å². The van der Waals surface area contributed by atoms with Gasteiger partial charge in [-0.2, -0.15) is 0 Å². The predicted octanol–water partition coefficient (Wildman–Crippen LogP) is 0.658. The van der Waals surface area contributed by atoms with Gasteiger partial charge in [0.25, 0.3) is 0 Å². The van der Waals surface area contributed by atoms with Crippen molar-refractivity contribution in [3.05, 3.63) is 12.2 Å². The third kappa shape index (κ3) is 5.01. The third-order valence-electron chi connectivity index (χ3n) is 0.558. The van der Waals surface area contributed by atoms with Crippen LogP contribution in [0.5, 0.6) is 0 Å². The minimum Gasteiger partial charge on any atom is -0.445 e. The van der Waals surface area contributed by atoms with E-state index < -0.39 is 6.09 Å². The lowest BCUT2D eigenvalue weighted by atomic mass is 10.6. The van der Waals surface area contributed by atoms with Crippen molar-refractivity contribution in [3.63, 3.8) is 0 Å². The van der Waals surface area contributed by atoms with E-state index in [0.717, 1.165) is 0 Å². The molecular weight excluding hydrogens is 106 g/mol. The summed E-state index contributed by atoms with van der Waals surface area (Å²) >= 11 is 0. The number of carbonyl (C=O) groups is 1. The van der Waals surface area contributed by atoms with Gasteiger partial charge in [-0.1, -0.05) is 12.2 Å². The van der Waals surface area contributed by atoms with Crippen molar-refractivity contribution in [2.45, 2.75) is 6.92 Å². The average molecular weight is 115 g/mol. The van der Waals surface area contributed by atoms with Gasteiger partial charge in [-0.15, -0.1) is 0 Å². The monoisotopic (exact) mass is 115 g/mol. The van der Waals surface area contributed by atoms with E-state index in [4.69, 9.17) is 0 Å². The summed E-state index contributed by atoms with van der Waals surface area (Å²) in [6, 6.07) is 0. The van der Waals surface area contributed by atoms with Gasteiger partial charge in [0.2, 0.25) is 0 Å². The van der Waals surface area contributed by atoms with E-state index in [1.165, 1.54) is 0 Å². The lowest BCUT2D eigenvalue weighted by Gasteiger charge is -1.91. The summed E-state index contributed by atoms with van der Waals surface area (Å²) in [6.07, 6.45) is 2.75. The molecule has 0 aromatic rings. The van der Waals surface area contributed by atoms with E-state index in [9.17, 15) is 4.79 Å². The molecule has 2 N–H and O–H groups in total. The molecule has 46 valence electrons. The number of nitrogens with two attached hydrogens (primary N) is 1. The average Bonchev–Trinajstić information content (AvgIpc) is 1.66. The van der Waals surface area contributed by atoms with Crippen LogP contribution in [0.2, 0.25) is 0 Å². The summed E-state index contributed by atoms with van der Waals surface area (Å²) < 4.78 is 4.33. The SMILES string of the molecule is C/C=C/COC(N)=O. The summed E-state index contributed by atoms with van der Waals surface area (Å²) in [6.45, 7) is 2.11. The normalized spacial score (nSPS) is 9.62. The summed E-state index contributed by atoms with van der Waals surface area (Å²) in [7, 11) is 0. The van der Waals surface area contributed by atoms with Crippen molar-refractivity contribution in [2.24, 2.45) is 5.73 Å². The molecule has 0 heterocycles. The predicted molar refractivity (Wildman–Crippen MR) is 30.3 cm³/mol. The minimum absolute atomic E-state index is 0.270. The zero-order valence-corrected chi connectivity index (χ0v) is 4.76. The van der Waals surface area contributed by atoms with Crippen molar-refractivity contribution in [3.8, 4) is 0 Å². The molecule has 0 aliphatic heterocycles. The largest absolute Gasteiger partial charge is 0.445 e. The molecule has 0 unspecified atom stereocenters. The maximum Gasteiger partial charge on any atom is 0.404 e. The van der Waals surface area contributed by atoms with Crippen LogP contribution in [0.4, 0.5) is 4.79 Å². The molecular formula is C5H9NO2. The smallest absolute Gasteiger partial charge is 0.404 e. The van der Waals surface area contributed by atoms with Crippen molar-refractivity contribution >= 4 is 6.09 Å². The van der Waals surface area contributed by atoms with Crippen molar-refractivity contribution in [2.75, 3.05) is 6.61 Å². The summed E-state index contributed by atoms with van der Waals surface area (Å²) in [5, 5.41) is 0. The number of ether oxygens (including phenoxy) is 1.